The van der Waals surface area contributed by atoms with Crippen LogP contribution < -0.4 is 10.9 Å². The molecule has 0 spiro atoms. The molecule has 0 atom stereocenters. The van der Waals surface area contributed by atoms with E-state index in [4.69, 9.17) is 23.2 Å². The highest BCUT2D eigenvalue weighted by molar-refractivity contribution is 6.34. The summed E-state index contributed by atoms with van der Waals surface area (Å²) in [6.45, 7) is 3.88. The number of hydrogen-bond acceptors (Lipinski definition) is 4. The molecule has 1 saturated heterocycles. The predicted octanol–water partition coefficient (Wildman–Crippen LogP) is 4.10. The number of nitrogens with zero attached hydrogens (tertiary/aromatic N) is 3. The van der Waals surface area contributed by atoms with E-state index in [1.54, 1.807) is 16.7 Å². The zero-order chi connectivity index (χ0) is 21.1. The average molecular weight is 449 g/mol. The molecule has 2 aromatic heterocycles. The fraction of sp³-hybridized carbons (Fsp3) is 0.364. The average Bonchev–Trinajstić information content (AvgIpc) is 2.72. The summed E-state index contributed by atoms with van der Waals surface area (Å²) in [5, 5.41) is 4.87. The molecule has 1 aliphatic rings. The quantitative estimate of drug-likeness (QED) is 0.616. The number of hydrogen-bond donors (Lipinski definition) is 1. The Balaban J connectivity index is 1.30. The Hall–Kier alpha value is -1.99. The predicted molar refractivity (Wildman–Crippen MR) is 119 cm³/mol. The fourth-order valence-electron chi connectivity index (χ4n) is 3.95. The van der Waals surface area contributed by atoms with E-state index in [1.807, 2.05) is 12.1 Å². The highest BCUT2D eigenvalue weighted by Gasteiger charge is 2.19. The molecule has 0 saturated carbocycles. The Bertz CT molecular complexity index is 1080. The molecule has 4 rings (SSSR count). The van der Waals surface area contributed by atoms with Gasteiger partial charge in [-0.3, -0.25) is 9.78 Å². The summed E-state index contributed by atoms with van der Waals surface area (Å²) in [6, 6.07) is 10.5. The van der Waals surface area contributed by atoms with Gasteiger partial charge in [0, 0.05) is 47.9 Å². The largest absolute Gasteiger partial charge is 0.310 e. The zero-order valence-corrected chi connectivity index (χ0v) is 18.0. The first-order chi connectivity index (χ1) is 14.5. The molecule has 1 aromatic carbocycles. The van der Waals surface area contributed by atoms with Crippen molar-refractivity contribution in [2.24, 2.45) is 0 Å². The van der Waals surface area contributed by atoms with Crippen LogP contribution in [0.4, 0.5) is 4.39 Å². The van der Waals surface area contributed by atoms with Gasteiger partial charge in [0.2, 0.25) is 0 Å². The Morgan fingerprint density at radius 3 is 2.53 bits per heavy atom. The van der Waals surface area contributed by atoms with Crippen LogP contribution in [0.3, 0.4) is 0 Å². The first kappa shape index (κ1) is 21.2. The van der Waals surface area contributed by atoms with Gasteiger partial charge in [0.15, 0.2) is 0 Å². The zero-order valence-electron chi connectivity index (χ0n) is 16.5. The van der Waals surface area contributed by atoms with Crippen molar-refractivity contribution in [2.45, 2.75) is 32.0 Å². The van der Waals surface area contributed by atoms with Crippen LogP contribution in [0.25, 0.3) is 11.0 Å². The van der Waals surface area contributed by atoms with Crippen LogP contribution >= 0.6 is 23.2 Å². The molecule has 5 nitrogen and oxygen atoms in total. The van der Waals surface area contributed by atoms with Gasteiger partial charge < -0.3 is 14.8 Å². The number of piperidine rings is 1. The van der Waals surface area contributed by atoms with Crippen molar-refractivity contribution in [3.05, 3.63) is 74.4 Å². The van der Waals surface area contributed by atoms with E-state index >= 15 is 0 Å². The van der Waals surface area contributed by atoms with E-state index in [0.717, 1.165) is 44.6 Å². The third kappa shape index (κ3) is 5.19. The van der Waals surface area contributed by atoms with E-state index < -0.39 is 5.82 Å². The summed E-state index contributed by atoms with van der Waals surface area (Å²) in [4.78, 5) is 18.7. The number of likely N-dealkylation sites (tertiary alicyclic amines) is 1. The lowest BCUT2D eigenvalue weighted by atomic mass is 10.0. The summed E-state index contributed by atoms with van der Waals surface area (Å²) >= 11 is 12.1. The molecule has 3 heterocycles. The second-order valence-corrected chi connectivity index (χ2v) is 8.53. The SMILES string of the molecule is O=c1ccc2ncc(F)cc2n1CCN1CCC(NCc2cc(Cl)cc(Cl)c2)CC1. The molecule has 0 amide bonds. The lowest BCUT2D eigenvalue weighted by Gasteiger charge is -2.32. The van der Waals surface area contributed by atoms with E-state index in [-0.39, 0.29) is 5.56 Å². The Morgan fingerprint density at radius 2 is 1.80 bits per heavy atom. The van der Waals surface area contributed by atoms with Crippen LogP contribution in [-0.4, -0.2) is 40.1 Å². The molecule has 1 aliphatic heterocycles. The number of benzene rings is 1. The lowest BCUT2D eigenvalue weighted by Crippen LogP contribution is -2.43. The molecular weight excluding hydrogens is 426 g/mol. The van der Waals surface area contributed by atoms with Gasteiger partial charge in [-0.05, 0) is 55.8 Å². The number of halogens is 3. The van der Waals surface area contributed by atoms with Crippen molar-refractivity contribution < 1.29 is 4.39 Å². The fourth-order valence-corrected chi connectivity index (χ4v) is 4.52. The number of fused-ring (bicyclic) bond motifs is 1. The van der Waals surface area contributed by atoms with E-state index in [0.29, 0.717) is 33.7 Å². The highest BCUT2D eigenvalue weighted by atomic mass is 35.5. The minimum Gasteiger partial charge on any atom is -0.310 e. The van der Waals surface area contributed by atoms with Crippen molar-refractivity contribution in [1.29, 1.82) is 0 Å². The van der Waals surface area contributed by atoms with Crippen molar-refractivity contribution >= 4 is 34.2 Å². The van der Waals surface area contributed by atoms with Gasteiger partial charge in [0.25, 0.3) is 5.56 Å². The molecule has 0 radical (unpaired) electrons. The summed E-state index contributed by atoms with van der Waals surface area (Å²) in [7, 11) is 0. The van der Waals surface area contributed by atoms with Crippen LogP contribution in [0.15, 0.2) is 47.4 Å². The van der Waals surface area contributed by atoms with Gasteiger partial charge in [0.05, 0.1) is 17.2 Å². The smallest absolute Gasteiger partial charge is 0.251 e. The van der Waals surface area contributed by atoms with Crippen LogP contribution in [-0.2, 0) is 13.1 Å². The molecular formula is C22H23Cl2FN4O. The third-order valence-corrected chi connectivity index (χ3v) is 5.99. The molecule has 3 aromatic rings. The van der Waals surface area contributed by atoms with Crippen LogP contribution in [0.1, 0.15) is 18.4 Å². The number of pyridine rings is 2. The van der Waals surface area contributed by atoms with Crippen LogP contribution in [0.2, 0.25) is 10.0 Å². The second-order valence-electron chi connectivity index (χ2n) is 7.66. The van der Waals surface area contributed by atoms with E-state index in [1.165, 1.54) is 18.3 Å². The minimum absolute atomic E-state index is 0.133. The molecule has 8 heteroatoms. The highest BCUT2D eigenvalue weighted by Crippen LogP contribution is 2.20. The molecule has 1 fully saturated rings. The normalized spacial score (nSPS) is 15.7. The van der Waals surface area contributed by atoms with Crippen molar-refractivity contribution in [3.63, 3.8) is 0 Å². The standard InChI is InChI=1S/C22H23Cl2FN4O/c23-16-9-15(10-17(24)11-16)13-26-19-3-5-28(6-4-19)7-8-29-21-12-18(25)14-27-20(21)1-2-22(29)30/h1-2,9-12,14,19,26H,3-8,13H2. The van der Waals surface area contributed by atoms with Crippen molar-refractivity contribution in [2.75, 3.05) is 19.6 Å². The summed E-state index contributed by atoms with van der Waals surface area (Å²) in [5.41, 5.74) is 2.11. The van der Waals surface area contributed by atoms with Crippen molar-refractivity contribution in [3.8, 4) is 0 Å². The summed E-state index contributed by atoms with van der Waals surface area (Å²) in [5.74, 6) is -0.435. The maximum absolute atomic E-state index is 13.6. The molecule has 1 N–H and O–H groups in total. The summed E-state index contributed by atoms with van der Waals surface area (Å²) in [6.07, 6.45) is 3.22. The van der Waals surface area contributed by atoms with Crippen LogP contribution in [0, 0.1) is 5.82 Å². The first-order valence-corrected chi connectivity index (χ1v) is 10.8. The molecule has 0 unspecified atom stereocenters. The number of aromatic nitrogens is 2. The van der Waals surface area contributed by atoms with Crippen molar-refractivity contribution in [1.82, 2.24) is 19.8 Å². The van der Waals surface area contributed by atoms with Gasteiger partial charge in [-0.2, -0.15) is 0 Å². The Kier molecular flexibility index (Phi) is 6.68. The molecule has 0 aliphatic carbocycles. The van der Waals surface area contributed by atoms with E-state index in [9.17, 15) is 9.18 Å². The number of nitrogens with one attached hydrogen (secondary N) is 1. The number of rotatable bonds is 6. The van der Waals surface area contributed by atoms with Crippen LogP contribution in [0.5, 0.6) is 0 Å². The Labute approximate surface area is 184 Å². The summed E-state index contributed by atoms with van der Waals surface area (Å²) < 4.78 is 15.2. The molecule has 158 valence electrons. The lowest BCUT2D eigenvalue weighted by molar-refractivity contribution is 0.191. The maximum Gasteiger partial charge on any atom is 0.251 e. The molecule has 30 heavy (non-hydrogen) atoms. The topological polar surface area (TPSA) is 50.2 Å². The third-order valence-electron chi connectivity index (χ3n) is 5.55. The minimum atomic E-state index is -0.435. The van der Waals surface area contributed by atoms with Gasteiger partial charge in [-0.15, -0.1) is 0 Å². The van der Waals surface area contributed by atoms with Gasteiger partial charge in [-0.1, -0.05) is 23.2 Å². The monoisotopic (exact) mass is 448 g/mol. The van der Waals surface area contributed by atoms with Gasteiger partial charge >= 0.3 is 0 Å². The van der Waals surface area contributed by atoms with Gasteiger partial charge in [0.1, 0.15) is 5.82 Å². The molecule has 0 bridgehead atoms. The second kappa shape index (κ2) is 9.43. The van der Waals surface area contributed by atoms with Gasteiger partial charge in [-0.25, -0.2) is 4.39 Å². The maximum atomic E-state index is 13.6. The first-order valence-electron chi connectivity index (χ1n) is 10.0. The van der Waals surface area contributed by atoms with E-state index in [2.05, 4.69) is 15.2 Å². The Morgan fingerprint density at radius 1 is 1.07 bits per heavy atom.